The third-order valence-corrected chi connectivity index (χ3v) is 4.89. The predicted octanol–water partition coefficient (Wildman–Crippen LogP) is 3.74. The quantitative estimate of drug-likeness (QED) is 0.332. The largest absolute Gasteiger partial charge is 0.573 e. The average molecular weight is 512 g/mol. The Bertz CT molecular complexity index is 652. The van der Waals surface area contributed by atoms with Crippen molar-refractivity contribution in [1.82, 2.24) is 15.5 Å². The lowest BCUT2D eigenvalue weighted by atomic mass is 10.1. The summed E-state index contributed by atoms with van der Waals surface area (Å²) in [4.78, 5) is 6.99. The normalized spacial score (nSPS) is 20.6. The topological polar surface area (TPSA) is 48.9 Å². The molecule has 0 bridgehead atoms. The van der Waals surface area contributed by atoms with E-state index in [1.165, 1.54) is 31.4 Å². The molecule has 3 rings (SSSR count). The number of likely N-dealkylation sites (tertiary alicyclic amines) is 1. The second kappa shape index (κ2) is 10.5. The Labute approximate surface area is 181 Å². The van der Waals surface area contributed by atoms with Gasteiger partial charge in [0, 0.05) is 31.2 Å². The van der Waals surface area contributed by atoms with Crippen molar-refractivity contribution in [2.45, 2.75) is 45.1 Å². The van der Waals surface area contributed by atoms with E-state index in [0.717, 1.165) is 25.7 Å². The van der Waals surface area contributed by atoms with Gasteiger partial charge in [-0.1, -0.05) is 18.2 Å². The fourth-order valence-electron chi connectivity index (χ4n) is 3.41. The summed E-state index contributed by atoms with van der Waals surface area (Å²) in [7, 11) is 0. The van der Waals surface area contributed by atoms with Gasteiger partial charge in [0.15, 0.2) is 5.96 Å². The van der Waals surface area contributed by atoms with Crippen molar-refractivity contribution in [2.75, 3.05) is 26.2 Å². The first-order valence-electron chi connectivity index (χ1n) is 9.54. The second-order valence-electron chi connectivity index (χ2n) is 7.11. The molecule has 0 radical (unpaired) electrons. The Morgan fingerprint density at radius 3 is 2.64 bits per heavy atom. The molecule has 1 heterocycles. The Morgan fingerprint density at radius 1 is 1.21 bits per heavy atom. The Hall–Kier alpha value is -1.23. The second-order valence-corrected chi connectivity index (χ2v) is 7.11. The van der Waals surface area contributed by atoms with Gasteiger partial charge in [-0.2, -0.15) is 0 Å². The number of guanidine groups is 1. The summed E-state index contributed by atoms with van der Waals surface area (Å²) < 4.78 is 41.7. The molecule has 2 aliphatic rings. The summed E-state index contributed by atoms with van der Waals surface area (Å²) in [6, 6.07) is 6.90. The van der Waals surface area contributed by atoms with Gasteiger partial charge in [0.25, 0.3) is 0 Å². The van der Waals surface area contributed by atoms with Crippen molar-refractivity contribution in [3.05, 3.63) is 29.8 Å². The standard InChI is InChI=1S/C19H27F3N4O.HI/c1-2-23-18(24-11-14-9-10-26(13-14)16-7-8-16)25-12-15-5-3-4-6-17(15)27-19(20,21)22;/h3-6,14,16H,2,7-13H2,1H3,(H2,23,24,25);1H. The van der Waals surface area contributed by atoms with E-state index in [9.17, 15) is 13.2 Å². The Kier molecular flexibility index (Phi) is 8.66. The average Bonchev–Trinajstić information content (AvgIpc) is 3.36. The molecule has 0 aromatic heterocycles. The molecule has 1 aliphatic heterocycles. The number of aliphatic imine (C=N–C) groups is 1. The smallest absolute Gasteiger partial charge is 0.405 e. The molecule has 28 heavy (non-hydrogen) atoms. The van der Waals surface area contributed by atoms with Crippen LogP contribution in [0.5, 0.6) is 5.75 Å². The minimum absolute atomic E-state index is 0. The molecule has 0 amide bonds. The first kappa shape index (κ1) is 23.1. The van der Waals surface area contributed by atoms with E-state index in [-0.39, 0.29) is 36.3 Å². The van der Waals surface area contributed by atoms with Gasteiger partial charge >= 0.3 is 6.36 Å². The maximum absolute atomic E-state index is 12.5. The summed E-state index contributed by atoms with van der Waals surface area (Å²) >= 11 is 0. The maximum atomic E-state index is 12.5. The van der Waals surface area contributed by atoms with Crippen LogP contribution in [0.2, 0.25) is 0 Å². The number of nitrogens with zero attached hydrogens (tertiary/aromatic N) is 2. The fraction of sp³-hybridized carbons (Fsp3) is 0.632. The maximum Gasteiger partial charge on any atom is 0.573 e. The molecule has 2 fully saturated rings. The van der Waals surface area contributed by atoms with Crippen LogP contribution in [0.25, 0.3) is 0 Å². The van der Waals surface area contributed by atoms with Crippen molar-refractivity contribution in [1.29, 1.82) is 0 Å². The van der Waals surface area contributed by atoms with Crippen LogP contribution in [0.3, 0.4) is 0 Å². The van der Waals surface area contributed by atoms with Crippen LogP contribution in [-0.2, 0) is 6.54 Å². The number of benzene rings is 1. The molecule has 1 aromatic rings. The molecule has 1 aromatic carbocycles. The van der Waals surface area contributed by atoms with Gasteiger partial charge in [0.05, 0.1) is 6.54 Å². The van der Waals surface area contributed by atoms with Gasteiger partial charge in [-0.05, 0) is 44.7 Å². The molecule has 9 heteroatoms. The van der Waals surface area contributed by atoms with E-state index >= 15 is 0 Å². The Morgan fingerprint density at radius 2 is 1.96 bits per heavy atom. The van der Waals surface area contributed by atoms with E-state index in [1.807, 2.05) is 6.92 Å². The highest BCUT2D eigenvalue weighted by atomic mass is 127. The summed E-state index contributed by atoms with van der Waals surface area (Å²) in [5.41, 5.74) is 0.396. The molecule has 1 atom stereocenters. The molecule has 5 nitrogen and oxygen atoms in total. The highest BCUT2D eigenvalue weighted by Gasteiger charge is 2.34. The summed E-state index contributed by atoms with van der Waals surface area (Å²) in [6.45, 7) is 5.84. The first-order chi connectivity index (χ1) is 12.9. The van der Waals surface area contributed by atoms with Crippen LogP contribution >= 0.6 is 24.0 Å². The monoisotopic (exact) mass is 512 g/mol. The van der Waals surface area contributed by atoms with Crippen LogP contribution < -0.4 is 15.4 Å². The van der Waals surface area contributed by atoms with Crippen LogP contribution in [0.1, 0.15) is 31.7 Å². The van der Waals surface area contributed by atoms with E-state index in [1.54, 1.807) is 12.1 Å². The number of rotatable bonds is 7. The molecule has 1 aliphatic carbocycles. The number of ether oxygens (including phenoxy) is 1. The number of hydrogen-bond donors (Lipinski definition) is 2. The fourth-order valence-corrected chi connectivity index (χ4v) is 3.41. The summed E-state index contributed by atoms with van der Waals surface area (Å²) in [5.74, 6) is 0.986. The third kappa shape index (κ3) is 7.31. The van der Waals surface area contributed by atoms with Gasteiger partial charge in [-0.25, -0.2) is 4.99 Å². The first-order valence-corrected chi connectivity index (χ1v) is 9.54. The molecule has 1 saturated carbocycles. The summed E-state index contributed by atoms with van der Waals surface area (Å²) in [5, 5.41) is 6.48. The number of hydrogen-bond acceptors (Lipinski definition) is 3. The third-order valence-electron chi connectivity index (χ3n) is 4.89. The van der Waals surface area contributed by atoms with Crippen LogP contribution in [0.4, 0.5) is 13.2 Å². The molecule has 1 unspecified atom stereocenters. The zero-order chi connectivity index (χ0) is 19.3. The minimum Gasteiger partial charge on any atom is -0.405 e. The molecule has 0 spiro atoms. The van der Waals surface area contributed by atoms with Crippen molar-refractivity contribution < 1.29 is 17.9 Å². The lowest BCUT2D eigenvalue weighted by molar-refractivity contribution is -0.274. The molecular formula is C19H28F3IN4O. The highest BCUT2D eigenvalue weighted by molar-refractivity contribution is 14.0. The van der Waals surface area contributed by atoms with Gasteiger partial charge in [0.1, 0.15) is 5.75 Å². The number of nitrogens with one attached hydrogen (secondary N) is 2. The highest BCUT2D eigenvalue weighted by Crippen LogP contribution is 2.31. The van der Waals surface area contributed by atoms with Crippen LogP contribution in [0.15, 0.2) is 29.3 Å². The zero-order valence-corrected chi connectivity index (χ0v) is 18.3. The zero-order valence-electron chi connectivity index (χ0n) is 16.0. The number of alkyl halides is 3. The molecule has 2 N–H and O–H groups in total. The minimum atomic E-state index is -4.71. The molecule has 1 saturated heterocycles. The van der Waals surface area contributed by atoms with Gasteiger partial charge < -0.3 is 20.3 Å². The Balaban J connectivity index is 0.00000280. The van der Waals surface area contributed by atoms with E-state index in [2.05, 4.69) is 25.3 Å². The van der Waals surface area contributed by atoms with E-state index < -0.39 is 6.36 Å². The lowest BCUT2D eigenvalue weighted by Gasteiger charge is -2.17. The number of halogens is 4. The SMILES string of the molecule is CCNC(=NCc1ccccc1OC(F)(F)F)NCC1CCN(C2CC2)C1.I. The van der Waals surface area contributed by atoms with E-state index in [4.69, 9.17) is 0 Å². The van der Waals surface area contributed by atoms with Gasteiger partial charge in [-0.15, -0.1) is 37.1 Å². The lowest BCUT2D eigenvalue weighted by Crippen LogP contribution is -2.40. The molecular weight excluding hydrogens is 484 g/mol. The van der Waals surface area contributed by atoms with Crippen molar-refractivity contribution >= 4 is 29.9 Å². The van der Waals surface area contributed by atoms with E-state index in [0.29, 0.717) is 24.0 Å². The van der Waals surface area contributed by atoms with Gasteiger partial charge in [-0.3, -0.25) is 0 Å². The van der Waals surface area contributed by atoms with Gasteiger partial charge in [0.2, 0.25) is 0 Å². The predicted molar refractivity (Wildman–Crippen MR) is 114 cm³/mol. The van der Waals surface area contributed by atoms with Crippen LogP contribution in [-0.4, -0.2) is 49.4 Å². The summed E-state index contributed by atoms with van der Waals surface area (Å²) in [6.07, 6.45) is -0.892. The number of para-hydroxylation sites is 1. The van der Waals surface area contributed by atoms with Crippen molar-refractivity contribution in [2.24, 2.45) is 10.9 Å². The van der Waals surface area contributed by atoms with Crippen molar-refractivity contribution in [3.63, 3.8) is 0 Å². The molecule has 158 valence electrons. The van der Waals surface area contributed by atoms with Crippen LogP contribution in [0, 0.1) is 5.92 Å². The van der Waals surface area contributed by atoms with Crippen molar-refractivity contribution in [3.8, 4) is 5.75 Å².